The van der Waals surface area contributed by atoms with Gasteiger partial charge in [0.2, 0.25) is 0 Å². The summed E-state index contributed by atoms with van der Waals surface area (Å²) in [6, 6.07) is 36.8. The van der Waals surface area contributed by atoms with Gasteiger partial charge in [0.1, 0.15) is 24.7 Å². The Morgan fingerprint density at radius 2 is 0.647 bits per heavy atom. The van der Waals surface area contributed by atoms with Gasteiger partial charge in [-0.1, -0.05) is 84.9 Å². The van der Waals surface area contributed by atoms with Gasteiger partial charge in [-0.25, -0.2) is 0 Å². The quantitative estimate of drug-likeness (QED) is 0.216. The Morgan fingerprint density at radius 3 is 1.03 bits per heavy atom. The zero-order chi connectivity index (χ0) is 23.3. The lowest BCUT2D eigenvalue weighted by Crippen LogP contribution is -2.13. The molecule has 0 fully saturated rings. The van der Waals surface area contributed by atoms with E-state index in [1.54, 1.807) is 0 Å². The zero-order valence-electron chi connectivity index (χ0n) is 19.3. The van der Waals surface area contributed by atoms with E-state index in [9.17, 15) is 0 Å². The molecule has 0 radical (unpaired) electrons. The van der Waals surface area contributed by atoms with Crippen LogP contribution < -0.4 is 9.47 Å². The fourth-order valence-corrected chi connectivity index (χ4v) is 3.51. The Labute approximate surface area is 201 Å². The second-order valence-corrected chi connectivity index (χ2v) is 7.70. The molecule has 0 atom stereocenters. The molecule has 0 aliphatic heterocycles. The van der Waals surface area contributed by atoms with Gasteiger partial charge in [-0.15, -0.1) is 0 Å². The van der Waals surface area contributed by atoms with Crippen LogP contribution >= 0.6 is 0 Å². The van der Waals surface area contributed by atoms with E-state index in [4.69, 9.17) is 18.9 Å². The smallest absolute Gasteiger partial charge is 0.119 e. The topological polar surface area (TPSA) is 36.9 Å². The minimum atomic E-state index is 0.507. The summed E-state index contributed by atoms with van der Waals surface area (Å²) in [5.41, 5.74) is 4.75. The van der Waals surface area contributed by atoms with Gasteiger partial charge in [-0.05, 0) is 46.5 Å². The first-order valence-electron chi connectivity index (χ1n) is 11.6. The first-order valence-corrected chi connectivity index (χ1v) is 11.6. The van der Waals surface area contributed by atoms with Crippen LogP contribution in [-0.2, 0) is 9.47 Å². The largest absolute Gasteiger partial charge is 0.491 e. The molecule has 4 aromatic rings. The molecule has 0 bridgehead atoms. The van der Waals surface area contributed by atoms with E-state index in [2.05, 4.69) is 48.5 Å². The van der Waals surface area contributed by atoms with Crippen LogP contribution in [-0.4, -0.2) is 39.6 Å². The van der Waals surface area contributed by atoms with Gasteiger partial charge < -0.3 is 18.9 Å². The van der Waals surface area contributed by atoms with Crippen molar-refractivity contribution in [1.82, 2.24) is 0 Å². The third kappa shape index (κ3) is 7.48. The van der Waals surface area contributed by atoms with E-state index in [-0.39, 0.29) is 0 Å². The van der Waals surface area contributed by atoms with Crippen LogP contribution in [0.4, 0.5) is 0 Å². The van der Waals surface area contributed by atoms with Gasteiger partial charge >= 0.3 is 0 Å². The van der Waals surface area contributed by atoms with Crippen LogP contribution in [0.25, 0.3) is 22.3 Å². The monoisotopic (exact) mass is 454 g/mol. The Morgan fingerprint density at radius 1 is 0.324 bits per heavy atom. The van der Waals surface area contributed by atoms with Gasteiger partial charge in [0.25, 0.3) is 0 Å². The van der Waals surface area contributed by atoms with Crippen LogP contribution in [0.3, 0.4) is 0 Å². The van der Waals surface area contributed by atoms with Crippen molar-refractivity contribution in [2.45, 2.75) is 0 Å². The number of ether oxygens (including phenoxy) is 4. The maximum atomic E-state index is 5.74. The predicted molar refractivity (Wildman–Crippen MR) is 136 cm³/mol. The summed E-state index contributed by atoms with van der Waals surface area (Å²) in [7, 11) is 0. The Bertz CT molecular complexity index is 987. The number of hydrogen-bond donors (Lipinski definition) is 0. The molecule has 0 N–H and O–H groups in total. The lowest BCUT2D eigenvalue weighted by molar-refractivity contribution is 0.0273. The summed E-state index contributed by atoms with van der Waals surface area (Å²) in [5, 5.41) is 0. The van der Waals surface area contributed by atoms with E-state index in [1.165, 1.54) is 22.3 Å². The number of rotatable bonds is 13. The maximum absolute atomic E-state index is 5.74. The van der Waals surface area contributed by atoms with Crippen molar-refractivity contribution in [2.24, 2.45) is 0 Å². The molecule has 4 nitrogen and oxygen atoms in total. The van der Waals surface area contributed by atoms with E-state index in [0.29, 0.717) is 39.6 Å². The highest BCUT2D eigenvalue weighted by Crippen LogP contribution is 2.23. The molecule has 0 aliphatic carbocycles. The highest BCUT2D eigenvalue weighted by Gasteiger charge is 2.00. The molecule has 4 aromatic carbocycles. The number of benzene rings is 4. The van der Waals surface area contributed by atoms with E-state index in [1.807, 2.05) is 60.7 Å². The fraction of sp³-hybridized carbons (Fsp3) is 0.200. The molecule has 4 rings (SSSR count). The molecule has 0 saturated carbocycles. The molecule has 0 spiro atoms. The second-order valence-electron chi connectivity index (χ2n) is 7.70. The van der Waals surface area contributed by atoms with Crippen LogP contribution in [0.1, 0.15) is 0 Å². The normalized spacial score (nSPS) is 10.7. The van der Waals surface area contributed by atoms with Gasteiger partial charge in [0.05, 0.1) is 26.4 Å². The summed E-state index contributed by atoms with van der Waals surface area (Å²) in [5.74, 6) is 1.68. The average Bonchev–Trinajstić information content (AvgIpc) is 2.91. The third-order valence-corrected chi connectivity index (χ3v) is 5.29. The van der Waals surface area contributed by atoms with Crippen LogP contribution in [0.5, 0.6) is 11.5 Å². The molecule has 174 valence electrons. The van der Waals surface area contributed by atoms with Crippen molar-refractivity contribution in [3.05, 3.63) is 109 Å². The van der Waals surface area contributed by atoms with Crippen molar-refractivity contribution >= 4 is 0 Å². The van der Waals surface area contributed by atoms with Crippen LogP contribution in [0.2, 0.25) is 0 Å². The number of hydrogen-bond acceptors (Lipinski definition) is 4. The Balaban J connectivity index is 1.02. The summed E-state index contributed by atoms with van der Waals surface area (Å²) in [6.07, 6.45) is 0. The molecule has 4 heteroatoms. The van der Waals surface area contributed by atoms with Gasteiger partial charge in [0, 0.05) is 0 Å². The third-order valence-electron chi connectivity index (χ3n) is 5.29. The summed E-state index contributed by atoms with van der Waals surface area (Å²) >= 11 is 0. The summed E-state index contributed by atoms with van der Waals surface area (Å²) in [6.45, 7) is 3.12. The molecule has 0 aliphatic rings. The minimum absolute atomic E-state index is 0.507. The SMILES string of the molecule is c1ccc(-c2ccc(OCCOCCOCCOc3ccc(-c4ccccc4)cc3)cc2)cc1. The Kier molecular flexibility index (Phi) is 9.14. The molecule has 0 aromatic heterocycles. The lowest BCUT2D eigenvalue weighted by atomic mass is 10.1. The molecule has 0 unspecified atom stereocenters. The standard InChI is InChI=1S/C30H30O4/c1-3-7-25(8-4-1)27-11-15-29(16-12-27)33-23-21-31-19-20-32-22-24-34-30-17-13-28(14-18-30)26-9-5-2-6-10-26/h1-18H,19-24H2. The van der Waals surface area contributed by atoms with Crippen molar-refractivity contribution in [2.75, 3.05) is 39.6 Å². The average molecular weight is 455 g/mol. The van der Waals surface area contributed by atoms with Crippen LogP contribution in [0.15, 0.2) is 109 Å². The Hall–Kier alpha value is -3.60. The zero-order valence-corrected chi connectivity index (χ0v) is 19.3. The highest BCUT2D eigenvalue weighted by atomic mass is 16.6. The maximum Gasteiger partial charge on any atom is 0.119 e. The van der Waals surface area contributed by atoms with E-state index in [0.717, 1.165) is 11.5 Å². The minimum Gasteiger partial charge on any atom is -0.491 e. The van der Waals surface area contributed by atoms with Gasteiger partial charge in [0.15, 0.2) is 0 Å². The van der Waals surface area contributed by atoms with Gasteiger partial charge in [-0.3, -0.25) is 0 Å². The molecule has 34 heavy (non-hydrogen) atoms. The molecule has 0 amide bonds. The van der Waals surface area contributed by atoms with E-state index >= 15 is 0 Å². The van der Waals surface area contributed by atoms with Crippen molar-refractivity contribution in [3.8, 4) is 33.8 Å². The highest BCUT2D eigenvalue weighted by molar-refractivity contribution is 5.64. The summed E-state index contributed by atoms with van der Waals surface area (Å²) < 4.78 is 22.6. The van der Waals surface area contributed by atoms with Crippen LogP contribution in [0, 0.1) is 0 Å². The van der Waals surface area contributed by atoms with Crippen molar-refractivity contribution in [1.29, 1.82) is 0 Å². The second kappa shape index (κ2) is 13.2. The fourth-order valence-electron chi connectivity index (χ4n) is 3.51. The van der Waals surface area contributed by atoms with E-state index < -0.39 is 0 Å². The first-order chi connectivity index (χ1) is 16.9. The van der Waals surface area contributed by atoms with Crippen molar-refractivity contribution in [3.63, 3.8) is 0 Å². The van der Waals surface area contributed by atoms with Gasteiger partial charge in [-0.2, -0.15) is 0 Å². The van der Waals surface area contributed by atoms with Crippen molar-refractivity contribution < 1.29 is 18.9 Å². The lowest BCUT2D eigenvalue weighted by Gasteiger charge is -2.10. The molecule has 0 heterocycles. The molecule has 0 saturated heterocycles. The predicted octanol–water partition coefficient (Wildman–Crippen LogP) is 6.51. The molecular weight excluding hydrogens is 424 g/mol. The first kappa shape index (κ1) is 23.6. The molecular formula is C30H30O4. The summed E-state index contributed by atoms with van der Waals surface area (Å²) in [4.78, 5) is 0.